The normalized spacial score (nSPS) is 10.8. The first-order valence-corrected chi connectivity index (χ1v) is 9.66. The van der Waals surface area contributed by atoms with Crippen LogP contribution < -0.4 is 10.9 Å². The van der Waals surface area contributed by atoms with Crippen molar-refractivity contribution in [2.45, 2.75) is 11.3 Å². The predicted molar refractivity (Wildman–Crippen MR) is 103 cm³/mol. The summed E-state index contributed by atoms with van der Waals surface area (Å²) in [4.78, 5) is 17.3. The molecule has 124 valence electrons. The molecule has 3 rings (SSSR count). The minimum absolute atomic E-state index is 0.0955. The van der Waals surface area contributed by atoms with E-state index >= 15 is 0 Å². The molecule has 0 spiro atoms. The lowest BCUT2D eigenvalue weighted by molar-refractivity contribution is -0.120. The molecular weight excluding hydrogens is 385 g/mol. The summed E-state index contributed by atoms with van der Waals surface area (Å²) in [7, 11) is 0. The number of nitrogens with one attached hydrogen (secondary N) is 2. The van der Waals surface area contributed by atoms with E-state index in [1.54, 1.807) is 17.8 Å². The number of carbonyl (C=O) groups excluding carboxylic acids is 1. The van der Waals surface area contributed by atoms with E-state index in [1.807, 2.05) is 36.4 Å². The van der Waals surface area contributed by atoms with Gasteiger partial charge in [0, 0.05) is 22.1 Å². The maximum absolute atomic E-state index is 11.9. The zero-order chi connectivity index (χ0) is 16.9. The molecule has 0 atom stereocenters. The Balaban J connectivity index is 1.46. The molecule has 0 saturated carbocycles. The summed E-state index contributed by atoms with van der Waals surface area (Å²) in [6.07, 6.45) is 0.395. The Labute approximate surface area is 157 Å². The van der Waals surface area contributed by atoms with Gasteiger partial charge in [-0.05, 0) is 36.4 Å². The van der Waals surface area contributed by atoms with Gasteiger partial charge in [-0.15, -0.1) is 11.8 Å². The number of rotatable bonds is 6. The third-order valence-electron chi connectivity index (χ3n) is 3.09. The van der Waals surface area contributed by atoms with Crippen LogP contribution in [0.1, 0.15) is 6.42 Å². The molecule has 0 aliphatic heterocycles. The fourth-order valence-corrected chi connectivity index (χ4v) is 4.04. The minimum atomic E-state index is -0.0955. The Bertz CT molecular complexity index is 852. The van der Waals surface area contributed by atoms with Gasteiger partial charge in [-0.25, -0.2) is 4.98 Å². The van der Waals surface area contributed by atoms with Crippen molar-refractivity contribution in [3.63, 3.8) is 0 Å². The van der Waals surface area contributed by atoms with Gasteiger partial charge in [-0.2, -0.15) is 0 Å². The van der Waals surface area contributed by atoms with Crippen LogP contribution in [-0.4, -0.2) is 16.6 Å². The highest BCUT2D eigenvalue weighted by atomic mass is 35.5. The molecule has 1 heterocycles. The molecule has 0 unspecified atom stereocenters. The number of aromatic nitrogens is 1. The van der Waals surface area contributed by atoms with Crippen LogP contribution in [0.25, 0.3) is 10.2 Å². The quantitative estimate of drug-likeness (QED) is 0.441. The molecule has 24 heavy (non-hydrogen) atoms. The number of amides is 1. The third kappa shape index (κ3) is 4.54. The standard InChI is InChI=1S/C16H13Cl2N3OS2/c17-10-4-6-11(7-5-10)23-9-8-14(22)20-21-16-19-15-12(18)2-1-3-13(15)24-16/h1-7H,8-9H2,(H,19,21)(H,20,22). The second-order valence-corrected chi connectivity index (χ2v) is 7.87. The molecule has 1 aromatic heterocycles. The Kier molecular flexibility index (Phi) is 5.84. The number of hydrogen-bond acceptors (Lipinski definition) is 5. The minimum Gasteiger partial charge on any atom is -0.273 e. The van der Waals surface area contributed by atoms with E-state index in [1.165, 1.54) is 11.3 Å². The van der Waals surface area contributed by atoms with Gasteiger partial charge < -0.3 is 0 Å². The number of thiazole rings is 1. The van der Waals surface area contributed by atoms with E-state index in [0.717, 1.165) is 15.1 Å². The second-order valence-electron chi connectivity index (χ2n) is 4.83. The molecular formula is C16H13Cl2N3OS2. The van der Waals surface area contributed by atoms with Gasteiger partial charge in [0.25, 0.3) is 0 Å². The first-order valence-electron chi connectivity index (χ1n) is 7.10. The molecule has 4 nitrogen and oxygen atoms in total. The van der Waals surface area contributed by atoms with Crippen LogP contribution in [-0.2, 0) is 4.79 Å². The van der Waals surface area contributed by atoms with E-state index < -0.39 is 0 Å². The van der Waals surface area contributed by atoms with Crippen molar-refractivity contribution < 1.29 is 4.79 Å². The molecule has 2 aromatic carbocycles. The number of halogens is 2. The molecule has 0 bridgehead atoms. The average molecular weight is 398 g/mol. The number of thioether (sulfide) groups is 1. The van der Waals surface area contributed by atoms with Crippen LogP contribution in [0.4, 0.5) is 5.13 Å². The molecule has 3 aromatic rings. The van der Waals surface area contributed by atoms with Crippen LogP contribution in [0, 0.1) is 0 Å². The number of para-hydroxylation sites is 1. The lowest BCUT2D eigenvalue weighted by Crippen LogP contribution is -2.29. The van der Waals surface area contributed by atoms with Crippen LogP contribution in [0.2, 0.25) is 10.0 Å². The summed E-state index contributed by atoms with van der Waals surface area (Å²) in [5.74, 6) is 0.586. The van der Waals surface area contributed by atoms with Gasteiger partial charge in [0.15, 0.2) is 0 Å². The molecule has 0 radical (unpaired) electrons. The van der Waals surface area contributed by atoms with Crippen LogP contribution in [0.3, 0.4) is 0 Å². The number of hydrogen-bond donors (Lipinski definition) is 2. The molecule has 2 N–H and O–H groups in total. The summed E-state index contributed by atoms with van der Waals surface area (Å²) in [5.41, 5.74) is 6.23. The highest BCUT2D eigenvalue weighted by Crippen LogP contribution is 2.30. The first kappa shape index (κ1) is 17.4. The van der Waals surface area contributed by atoms with E-state index in [-0.39, 0.29) is 5.91 Å². The maximum atomic E-state index is 11.9. The van der Waals surface area contributed by atoms with Crippen molar-refractivity contribution in [1.29, 1.82) is 0 Å². The molecule has 0 fully saturated rings. The number of carbonyl (C=O) groups is 1. The van der Waals surface area contributed by atoms with Crippen molar-refractivity contribution in [3.8, 4) is 0 Å². The summed E-state index contributed by atoms with van der Waals surface area (Å²) >= 11 is 15.0. The van der Waals surface area contributed by atoms with Gasteiger partial charge in [0.05, 0.1) is 9.72 Å². The Morgan fingerprint density at radius 2 is 1.96 bits per heavy atom. The molecule has 1 amide bonds. The van der Waals surface area contributed by atoms with Gasteiger partial charge >= 0.3 is 0 Å². The largest absolute Gasteiger partial charge is 0.273 e. The van der Waals surface area contributed by atoms with E-state index in [9.17, 15) is 4.79 Å². The van der Waals surface area contributed by atoms with Crippen molar-refractivity contribution in [1.82, 2.24) is 10.4 Å². The number of benzene rings is 2. The van der Waals surface area contributed by atoms with Crippen LogP contribution in [0.5, 0.6) is 0 Å². The Morgan fingerprint density at radius 3 is 2.71 bits per heavy atom. The fourth-order valence-electron chi connectivity index (χ4n) is 1.95. The number of anilines is 1. The summed E-state index contributed by atoms with van der Waals surface area (Å²) < 4.78 is 0.970. The monoisotopic (exact) mass is 397 g/mol. The summed E-state index contributed by atoms with van der Waals surface area (Å²) in [5, 5.41) is 1.91. The van der Waals surface area contributed by atoms with E-state index in [4.69, 9.17) is 23.2 Å². The highest BCUT2D eigenvalue weighted by molar-refractivity contribution is 7.99. The molecule has 0 aliphatic rings. The number of nitrogens with zero attached hydrogens (tertiary/aromatic N) is 1. The Hall–Kier alpha value is -1.47. The van der Waals surface area contributed by atoms with E-state index in [0.29, 0.717) is 27.4 Å². The predicted octanol–water partition coefficient (Wildman–Crippen LogP) is 5.23. The van der Waals surface area contributed by atoms with Gasteiger partial charge in [-0.3, -0.25) is 15.6 Å². The summed E-state index contributed by atoms with van der Waals surface area (Å²) in [6.45, 7) is 0. The lowest BCUT2D eigenvalue weighted by atomic mass is 10.3. The topological polar surface area (TPSA) is 54.0 Å². The molecule has 0 saturated heterocycles. The van der Waals surface area contributed by atoms with Crippen LogP contribution >= 0.6 is 46.3 Å². The van der Waals surface area contributed by atoms with Gasteiger partial charge in [-0.1, -0.05) is 40.6 Å². The van der Waals surface area contributed by atoms with Crippen molar-refractivity contribution in [2.24, 2.45) is 0 Å². The van der Waals surface area contributed by atoms with Crippen molar-refractivity contribution in [2.75, 3.05) is 11.2 Å². The van der Waals surface area contributed by atoms with Crippen molar-refractivity contribution in [3.05, 3.63) is 52.5 Å². The van der Waals surface area contributed by atoms with Gasteiger partial charge in [0.2, 0.25) is 11.0 Å². The number of hydrazine groups is 1. The SMILES string of the molecule is O=C(CCSc1ccc(Cl)cc1)NNc1nc2c(Cl)cccc2s1. The highest BCUT2D eigenvalue weighted by Gasteiger charge is 2.08. The smallest absolute Gasteiger partial charge is 0.239 e. The first-order chi connectivity index (χ1) is 11.6. The molecule has 8 heteroatoms. The lowest BCUT2D eigenvalue weighted by Gasteiger charge is -2.05. The zero-order valence-corrected chi connectivity index (χ0v) is 15.5. The average Bonchev–Trinajstić information content (AvgIpc) is 2.99. The fraction of sp³-hybridized carbons (Fsp3) is 0.125. The summed E-state index contributed by atoms with van der Waals surface area (Å²) in [6, 6.07) is 13.2. The third-order valence-corrected chi connectivity index (χ3v) is 5.60. The van der Waals surface area contributed by atoms with E-state index in [2.05, 4.69) is 15.8 Å². The maximum Gasteiger partial charge on any atom is 0.239 e. The molecule has 0 aliphatic carbocycles. The second kappa shape index (κ2) is 8.07. The Morgan fingerprint density at radius 1 is 1.17 bits per heavy atom. The van der Waals surface area contributed by atoms with Crippen LogP contribution in [0.15, 0.2) is 47.4 Å². The van der Waals surface area contributed by atoms with Crippen molar-refractivity contribution >= 4 is 67.6 Å². The van der Waals surface area contributed by atoms with Gasteiger partial charge in [0.1, 0.15) is 5.52 Å². The number of fused-ring (bicyclic) bond motifs is 1. The zero-order valence-electron chi connectivity index (χ0n) is 12.4.